The molecule has 0 aromatic rings. The molecule has 2 N–H and O–H groups in total. The first kappa shape index (κ1) is 18.9. The summed E-state index contributed by atoms with van der Waals surface area (Å²) in [6.45, 7) is 10.8. The Morgan fingerprint density at radius 3 is 2.10 bits per heavy atom. The summed E-state index contributed by atoms with van der Waals surface area (Å²) in [5, 5.41) is 0. The zero-order valence-electron chi connectivity index (χ0n) is 14.1. The fraction of sp³-hybridized carbons (Fsp3) is 1.00. The number of nitrogens with zero attached hydrogens (tertiary/aromatic N) is 2. The summed E-state index contributed by atoms with van der Waals surface area (Å²) in [6, 6.07) is -0.0226. The molecule has 126 valence electrons. The van der Waals surface area contributed by atoms with Crippen LogP contribution in [0.15, 0.2) is 0 Å². The first-order valence-corrected chi connectivity index (χ1v) is 9.64. The molecule has 0 amide bonds. The summed E-state index contributed by atoms with van der Waals surface area (Å²) in [6.07, 6.45) is 3.58. The zero-order valence-corrected chi connectivity index (χ0v) is 14.9. The van der Waals surface area contributed by atoms with E-state index in [0.717, 1.165) is 25.7 Å². The van der Waals surface area contributed by atoms with Crippen LogP contribution in [0, 0.1) is 11.8 Å². The van der Waals surface area contributed by atoms with Crippen LogP contribution in [0.4, 0.5) is 0 Å². The first-order valence-electron chi connectivity index (χ1n) is 8.24. The topological polar surface area (TPSA) is 66.6 Å². The standard InChI is InChI=1S/C15H33N3O2S/c1-13(2)7-10-17(11-8-14(3)4)21(19,20)18-9-5-6-15(16)12-18/h13-15H,5-12,16H2,1-4H3. The summed E-state index contributed by atoms with van der Waals surface area (Å²) in [7, 11) is -3.36. The highest BCUT2D eigenvalue weighted by Gasteiger charge is 2.32. The molecule has 1 aliphatic heterocycles. The Labute approximate surface area is 131 Å². The van der Waals surface area contributed by atoms with Crippen LogP contribution in [0.3, 0.4) is 0 Å². The number of piperidine rings is 1. The second kappa shape index (κ2) is 8.46. The van der Waals surface area contributed by atoms with Gasteiger partial charge in [0.2, 0.25) is 0 Å². The van der Waals surface area contributed by atoms with E-state index < -0.39 is 10.2 Å². The molecule has 0 aliphatic carbocycles. The molecule has 1 fully saturated rings. The van der Waals surface area contributed by atoms with E-state index in [9.17, 15) is 8.42 Å². The highest BCUT2D eigenvalue weighted by molar-refractivity contribution is 7.86. The van der Waals surface area contributed by atoms with Crippen molar-refractivity contribution in [2.24, 2.45) is 17.6 Å². The van der Waals surface area contributed by atoms with E-state index in [-0.39, 0.29) is 6.04 Å². The number of nitrogens with two attached hydrogens (primary N) is 1. The van der Waals surface area contributed by atoms with Crippen LogP contribution in [0.25, 0.3) is 0 Å². The van der Waals surface area contributed by atoms with Crippen molar-refractivity contribution >= 4 is 10.2 Å². The quantitative estimate of drug-likeness (QED) is 0.744. The van der Waals surface area contributed by atoms with Gasteiger partial charge in [-0.15, -0.1) is 0 Å². The van der Waals surface area contributed by atoms with Crippen LogP contribution in [-0.4, -0.2) is 49.2 Å². The van der Waals surface area contributed by atoms with Gasteiger partial charge in [0.1, 0.15) is 0 Å². The molecule has 1 saturated heterocycles. The van der Waals surface area contributed by atoms with E-state index in [1.165, 1.54) is 0 Å². The van der Waals surface area contributed by atoms with Gasteiger partial charge in [0, 0.05) is 32.2 Å². The van der Waals surface area contributed by atoms with Crippen molar-refractivity contribution in [2.45, 2.75) is 59.4 Å². The molecule has 0 aromatic carbocycles. The van der Waals surface area contributed by atoms with Crippen molar-refractivity contribution < 1.29 is 8.42 Å². The van der Waals surface area contributed by atoms with Crippen LogP contribution in [-0.2, 0) is 10.2 Å². The zero-order chi connectivity index (χ0) is 16.0. The second-order valence-corrected chi connectivity index (χ2v) is 8.96. The lowest BCUT2D eigenvalue weighted by Gasteiger charge is -2.35. The maximum atomic E-state index is 12.9. The fourth-order valence-corrected chi connectivity index (χ4v) is 4.23. The Bertz CT molecular complexity index is 384. The minimum Gasteiger partial charge on any atom is -0.327 e. The molecular weight excluding hydrogens is 286 g/mol. The monoisotopic (exact) mass is 319 g/mol. The predicted octanol–water partition coefficient (Wildman–Crippen LogP) is 2.05. The van der Waals surface area contributed by atoms with Gasteiger partial charge < -0.3 is 5.73 Å². The van der Waals surface area contributed by atoms with Crippen LogP contribution < -0.4 is 5.73 Å². The average Bonchev–Trinajstić information content (AvgIpc) is 2.37. The average molecular weight is 320 g/mol. The van der Waals surface area contributed by atoms with Crippen molar-refractivity contribution in [1.29, 1.82) is 0 Å². The lowest BCUT2D eigenvalue weighted by atomic mass is 10.1. The number of hydrogen-bond acceptors (Lipinski definition) is 3. The van der Waals surface area contributed by atoms with E-state index in [2.05, 4.69) is 27.7 Å². The van der Waals surface area contributed by atoms with Gasteiger partial charge in [-0.05, 0) is 37.5 Å². The van der Waals surface area contributed by atoms with Crippen molar-refractivity contribution in [3.05, 3.63) is 0 Å². The Kier molecular flexibility index (Phi) is 7.60. The smallest absolute Gasteiger partial charge is 0.282 e. The molecule has 1 rings (SSSR count). The minimum absolute atomic E-state index is 0.0226. The van der Waals surface area contributed by atoms with E-state index in [4.69, 9.17) is 5.73 Å². The fourth-order valence-electron chi connectivity index (χ4n) is 2.49. The maximum absolute atomic E-state index is 12.9. The summed E-state index contributed by atoms with van der Waals surface area (Å²) < 4.78 is 29.0. The third kappa shape index (κ3) is 6.22. The second-order valence-electron chi connectivity index (χ2n) is 7.03. The van der Waals surface area contributed by atoms with Crippen molar-refractivity contribution in [3.8, 4) is 0 Å². The van der Waals surface area contributed by atoms with Gasteiger partial charge in [-0.1, -0.05) is 27.7 Å². The molecule has 0 aromatic heterocycles. The van der Waals surface area contributed by atoms with Crippen LogP contribution in [0.2, 0.25) is 0 Å². The molecule has 0 spiro atoms. The van der Waals surface area contributed by atoms with Gasteiger partial charge in [0.15, 0.2) is 0 Å². The Morgan fingerprint density at radius 1 is 1.14 bits per heavy atom. The predicted molar refractivity (Wildman–Crippen MR) is 88.2 cm³/mol. The lowest BCUT2D eigenvalue weighted by molar-refractivity contribution is 0.273. The van der Waals surface area contributed by atoms with E-state index in [1.54, 1.807) is 8.61 Å². The molecule has 0 bridgehead atoms. The molecule has 5 nitrogen and oxygen atoms in total. The third-order valence-electron chi connectivity index (χ3n) is 3.98. The Morgan fingerprint density at radius 2 is 1.67 bits per heavy atom. The van der Waals surface area contributed by atoms with E-state index in [0.29, 0.717) is 38.0 Å². The Balaban J connectivity index is 2.77. The van der Waals surface area contributed by atoms with Gasteiger partial charge in [-0.2, -0.15) is 17.0 Å². The van der Waals surface area contributed by atoms with Gasteiger partial charge in [-0.25, -0.2) is 0 Å². The minimum atomic E-state index is -3.36. The van der Waals surface area contributed by atoms with Crippen LogP contribution in [0.1, 0.15) is 53.4 Å². The van der Waals surface area contributed by atoms with Crippen molar-refractivity contribution in [1.82, 2.24) is 8.61 Å². The highest BCUT2D eigenvalue weighted by atomic mass is 32.2. The van der Waals surface area contributed by atoms with Gasteiger partial charge in [0.25, 0.3) is 10.2 Å². The molecule has 0 radical (unpaired) electrons. The first-order chi connectivity index (χ1) is 9.73. The molecule has 1 atom stereocenters. The molecule has 1 aliphatic rings. The molecule has 21 heavy (non-hydrogen) atoms. The number of hydrogen-bond donors (Lipinski definition) is 1. The van der Waals surface area contributed by atoms with E-state index in [1.807, 2.05) is 0 Å². The number of rotatable bonds is 8. The normalized spacial score (nSPS) is 21.6. The molecule has 1 heterocycles. The van der Waals surface area contributed by atoms with Crippen LogP contribution >= 0.6 is 0 Å². The van der Waals surface area contributed by atoms with Gasteiger partial charge in [0.05, 0.1) is 0 Å². The maximum Gasteiger partial charge on any atom is 0.282 e. The largest absolute Gasteiger partial charge is 0.327 e. The molecular formula is C15H33N3O2S. The van der Waals surface area contributed by atoms with Crippen LogP contribution in [0.5, 0.6) is 0 Å². The summed E-state index contributed by atoms with van der Waals surface area (Å²) >= 11 is 0. The van der Waals surface area contributed by atoms with Gasteiger partial charge in [-0.3, -0.25) is 0 Å². The summed E-state index contributed by atoms with van der Waals surface area (Å²) in [5.41, 5.74) is 5.94. The molecule has 1 unspecified atom stereocenters. The Hall–Kier alpha value is -0.170. The van der Waals surface area contributed by atoms with Gasteiger partial charge >= 0.3 is 0 Å². The highest BCUT2D eigenvalue weighted by Crippen LogP contribution is 2.18. The van der Waals surface area contributed by atoms with Crippen molar-refractivity contribution in [2.75, 3.05) is 26.2 Å². The molecule has 6 heteroatoms. The molecule has 0 saturated carbocycles. The van der Waals surface area contributed by atoms with Crippen molar-refractivity contribution in [3.63, 3.8) is 0 Å². The lowest BCUT2D eigenvalue weighted by Crippen LogP contribution is -2.51. The summed E-state index contributed by atoms with van der Waals surface area (Å²) in [5.74, 6) is 1.01. The van der Waals surface area contributed by atoms with E-state index >= 15 is 0 Å². The summed E-state index contributed by atoms with van der Waals surface area (Å²) in [4.78, 5) is 0. The SMILES string of the molecule is CC(C)CCN(CCC(C)C)S(=O)(=O)N1CCCC(N)C1. The third-order valence-corrected chi connectivity index (χ3v) is 5.99.